The maximum Gasteiger partial charge on any atom is 0.124 e. The molecule has 0 bridgehead atoms. The lowest BCUT2D eigenvalue weighted by molar-refractivity contribution is 1.41. The first-order valence-corrected chi connectivity index (χ1v) is 7.29. The smallest absolute Gasteiger partial charge is 0.124 e. The van der Waals surface area contributed by atoms with E-state index in [4.69, 9.17) is 11.6 Å². The van der Waals surface area contributed by atoms with Gasteiger partial charge < -0.3 is 0 Å². The van der Waals surface area contributed by atoms with Gasteiger partial charge in [0, 0.05) is 16.1 Å². The van der Waals surface area contributed by atoms with Crippen LogP contribution in [0.5, 0.6) is 0 Å². The van der Waals surface area contributed by atoms with Crippen LogP contribution in [-0.4, -0.2) is 4.98 Å². The fourth-order valence-corrected chi connectivity index (χ4v) is 2.61. The normalized spacial score (nSPS) is 9.85. The van der Waals surface area contributed by atoms with Crippen molar-refractivity contribution in [3.8, 4) is 22.4 Å². The van der Waals surface area contributed by atoms with Gasteiger partial charge in [-0.3, -0.25) is 0 Å². The molecule has 0 aliphatic carbocycles. The Bertz CT molecular complexity index is 764. The highest BCUT2D eigenvalue weighted by Crippen LogP contribution is 2.25. The molecule has 2 aromatic carbocycles. The fraction of sp³-hybridized carbons (Fsp3) is 0. The van der Waals surface area contributed by atoms with E-state index in [9.17, 15) is 0 Å². The average Bonchev–Trinajstić information content (AvgIpc) is 2.96. The van der Waals surface area contributed by atoms with Crippen molar-refractivity contribution >= 4 is 22.9 Å². The molecule has 0 fully saturated rings. The largest absolute Gasteiger partial charge is 0.243 e. The van der Waals surface area contributed by atoms with Crippen LogP contribution >= 0.6 is 22.9 Å². The summed E-state index contributed by atoms with van der Waals surface area (Å²) in [5.41, 5.74) is 2.07. The maximum absolute atomic E-state index is 5.88. The summed E-state index contributed by atoms with van der Waals surface area (Å²) < 4.78 is 0. The van der Waals surface area contributed by atoms with Gasteiger partial charge in [-0.15, -0.1) is 11.3 Å². The summed E-state index contributed by atoms with van der Waals surface area (Å²) in [7, 11) is 0. The minimum atomic E-state index is 0.731. The Morgan fingerprint density at radius 1 is 0.900 bits per heavy atom. The molecule has 0 radical (unpaired) electrons. The molecule has 0 atom stereocenters. The first-order chi connectivity index (χ1) is 9.81. The highest BCUT2D eigenvalue weighted by Gasteiger charge is 2.02. The van der Waals surface area contributed by atoms with Gasteiger partial charge in [-0.2, -0.15) is 0 Å². The van der Waals surface area contributed by atoms with Crippen LogP contribution in [0.2, 0.25) is 5.02 Å². The van der Waals surface area contributed by atoms with E-state index in [2.05, 4.69) is 16.8 Å². The Balaban J connectivity index is 1.84. The SMILES string of the molecule is Clc1ccc(-c2ncc(C#Cc3ccccc3)s2)cc1. The molecule has 0 N–H and O–H groups in total. The van der Waals surface area contributed by atoms with Crippen molar-refractivity contribution in [3.63, 3.8) is 0 Å². The summed E-state index contributed by atoms with van der Waals surface area (Å²) in [6.45, 7) is 0. The van der Waals surface area contributed by atoms with Crippen LogP contribution in [-0.2, 0) is 0 Å². The Hall–Kier alpha value is -2.08. The standard InChI is InChI=1S/C17H10ClNS/c18-15-9-7-14(8-10-15)17-19-12-16(20-17)11-6-13-4-2-1-3-5-13/h1-5,7-10,12H. The fourth-order valence-electron chi connectivity index (χ4n) is 1.71. The molecule has 1 aromatic heterocycles. The number of hydrogen-bond acceptors (Lipinski definition) is 2. The summed E-state index contributed by atoms with van der Waals surface area (Å²) in [6, 6.07) is 17.6. The Morgan fingerprint density at radius 2 is 1.65 bits per heavy atom. The highest BCUT2D eigenvalue weighted by molar-refractivity contribution is 7.15. The summed E-state index contributed by atoms with van der Waals surface area (Å²) in [5, 5.41) is 1.69. The molecule has 0 saturated carbocycles. The first kappa shape index (κ1) is 12.9. The zero-order chi connectivity index (χ0) is 13.8. The molecule has 1 heterocycles. The lowest BCUT2D eigenvalue weighted by atomic mass is 10.2. The van der Waals surface area contributed by atoms with Gasteiger partial charge in [0.15, 0.2) is 0 Å². The van der Waals surface area contributed by atoms with Crippen molar-refractivity contribution < 1.29 is 0 Å². The van der Waals surface area contributed by atoms with Gasteiger partial charge in [0.25, 0.3) is 0 Å². The molecule has 0 aliphatic rings. The van der Waals surface area contributed by atoms with Crippen LogP contribution in [0.1, 0.15) is 10.4 Å². The second kappa shape index (κ2) is 5.92. The summed E-state index contributed by atoms with van der Waals surface area (Å²) in [6.07, 6.45) is 1.81. The van der Waals surface area contributed by atoms with Gasteiger partial charge in [0.2, 0.25) is 0 Å². The zero-order valence-corrected chi connectivity index (χ0v) is 12.1. The van der Waals surface area contributed by atoms with Gasteiger partial charge in [0.1, 0.15) is 5.01 Å². The quantitative estimate of drug-likeness (QED) is 0.584. The van der Waals surface area contributed by atoms with Gasteiger partial charge in [-0.05, 0) is 30.2 Å². The lowest BCUT2D eigenvalue weighted by Crippen LogP contribution is -1.73. The maximum atomic E-state index is 5.88. The van der Waals surface area contributed by atoms with E-state index >= 15 is 0 Å². The highest BCUT2D eigenvalue weighted by atomic mass is 35.5. The summed E-state index contributed by atoms with van der Waals surface area (Å²) in [5.74, 6) is 6.28. The third kappa shape index (κ3) is 3.08. The molecule has 3 rings (SSSR count). The molecule has 1 nitrogen and oxygen atoms in total. The summed E-state index contributed by atoms with van der Waals surface area (Å²) >= 11 is 7.47. The predicted octanol–water partition coefficient (Wildman–Crippen LogP) is 4.86. The first-order valence-electron chi connectivity index (χ1n) is 6.10. The van der Waals surface area contributed by atoms with Crippen molar-refractivity contribution in [1.29, 1.82) is 0 Å². The molecule has 0 aliphatic heterocycles. The third-order valence-corrected chi connectivity index (χ3v) is 3.91. The van der Waals surface area contributed by atoms with E-state index in [1.165, 1.54) is 0 Å². The molecule has 96 valence electrons. The van der Waals surface area contributed by atoms with Crippen LogP contribution in [0.4, 0.5) is 0 Å². The minimum absolute atomic E-state index is 0.731. The van der Waals surface area contributed by atoms with Crippen molar-refractivity contribution in [2.75, 3.05) is 0 Å². The van der Waals surface area contributed by atoms with Crippen molar-refractivity contribution in [2.45, 2.75) is 0 Å². The van der Waals surface area contributed by atoms with Gasteiger partial charge in [0.05, 0.1) is 11.1 Å². The lowest BCUT2D eigenvalue weighted by Gasteiger charge is -1.94. The predicted molar refractivity (Wildman–Crippen MR) is 85.0 cm³/mol. The van der Waals surface area contributed by atoms with Crippen molar-refractivity contribution in [1.82, 2.24) is 4.98 Å². The number of halogens is 1. The Morgan fingerprint density at radius 3 is 2.40 bits per heavy atom. The number of benzene rings is 2. The van der Waals surface area contributed by atoms with E-state index < -0.39 is 0 Å². The van der Waals surface area contributed by atoms with Crippen LogP contribution in [0, 0.1) is 11.8 Å². The Labute approximate surface area is 126 Å². The number of rotatable bonds is 1. The van der Waals surface area contributed by atoms with Crippen molar-refractivity contribution in [2.24, 2.45) is 0 Å². The molecule has 3 heteroatoms. The van der Waals surface area contributed by atoms with Crippen molar-refractivity contribution in [3.05, 3.63) is 76.3 Å². The topological polar surface area (TPSA) is 12.9 Å². The minimum Gasteiger partial charge on any atom is -0.243 e. The molecule has 20 heavy (non-hydrogen) atoms. The second-order valence-electron chi connectivity index (χ2n) is 4.15. The molecule has 0 saturated heterocycles. The molecular weight excluding hydrogens is 286 g/mol. The van der Waals surface area contributed by atoms with E-state index in [1.54, 1.807) is 11.3 Å². The molecular formula is C17H10ClNS. The van der Waals surface area contributed by atoms with E-state index in [-0.39, 0.29) is 0 Å². The Kier molecular flexibility index (Phi) is 3.83. The van der Waals surface area contributed by atoms with Crippen LogP contribution in [0.3, 0.4) is 0 Å². The monoisotopic (exact) mass is 295 g/mol. The summed E-state index contributed by atoms with van der Waals surface area (Å²) in [4.78, 5) is 5.36. The zero-order valence-electron chi connectivity index (χ0n) is 10.5. The second-order valence-corrected chi connectivity index (χ2v) is 5.62. The number of aromatic nitrogens is 1. The van der Waals surface area contributed by atoms with E-state index in [1.807, 2.05) is 60.8 Å². The van der Waals surface area contributed by atoms with Gasteiger partial charge >= 0.3 is 0 Å². The van der Waals surface area contributed by atoms with Gasteiger partial charge in [-0.25, -0.2) is 4.98 Å². The van der Waals surface area contributed by atoms with Crippen LogP contribution in [0.15, 0.2) is 60.8 Å². The molecule has 0 amide bonds. The average molecular weight is 296 g/mol. The third-order valence-electron chi connectivity index (χ3n) is 2.70. The van der Waals surface area contributed by atoms with Crippen LogP contribution < -0.4 is 0 Å². The number of hydrogen-bond donors (Lipinski definition) is 0. The molecule has 3 aromatic rings. The van der Waals surface area contributed by atoms with E-state index in [0.29, 0.717) is 0 Å². The van der Waals surface area contributed by atoms with Crippen LogP contribution in [0.25, 0.3) is 10.6 Å². The number of nitrogens with zero attached hydrogens (tertiary/aromatic N) is 1. The van der Waals surface area contributed by atoms with E-state index in [0.717, 1.165) is 26.0 Å². The molecule has 0 unspecified atom stereocenters. The molecule has 0 spiro atoms. The number of thiazole rings is 1. The van der Waals surface area contributed by atoms with Gasteiger partial charge in [-0.1, -0.05) is 47.9 Å².